The maximum absolute atomic E-state index is 12.1. The van der Waals surface area contributed by atoms with Gasteiger partial charge in [0.15, 0.2) is 0 Å². The molecular formula is C11H10ClF3O. The van der Waals surface area contributed by atoms with Crippen molar-refractivity contribution < 1.29 is 17.9 Å². The quantitative estimate of drug-likeness (QED) is 0.716. The number of allylic oxidation sites excluding steroid dienone is 1. The van der Waals surface area contributed by atoms with Crippen LogP contribution in [-0.4, -0.2) is 6.36 Å². The van der Waals surface area contributed by atoms with E-state index in [1.54, 1.807) is 6.92 Å². The lowest BCUT2D eigenvalue weighted by atomic mass is 10.0. The van der Waals surface area contributed by atoms with Gasteiger partial charge in [0, 0.05) is 16.5 Å². The molecule has 0 aliphatic rings. The van der Waals surface area contributed by atoms with Crippen molar-refractivity contribution in [3.8, 4) is 5.75 Å². The number of halogens is 4. The summed E-state index contributed by atoms with van der Waals surface area (Å²) in [6.45, 7) is 5.23. The van der Waals surface area contributed by atoms with Crippen LogP contribution in [0.4, 0.5) is 13.2 Å². The van der Waals surface area contributed by atoms with Gasteiger partial charge in [0.2, 0.25) is 0 Å². The van der Waals surface area contributed by atoms with Gasteiger partial charge < -0.3 is 4.74 Å². The van der Waals surface area contributed by atoms with Crippen LogP contribution in [-0.2, 0) is 0 Å². The molecule has 0 amide bonds. The molecule has 16 heavy (non-hydrogen) atoms. The van der Waals surface area contributed by atoms with Crippen LogP contribution in [0.1, 0.15) is 18.4 Å². The highest BCUT2D eigenvalue weighted by Gasteiger charge is 2.32. The van der Waals surface area contributed by atoms with Gasteiger partial charge in [0.25, 0.3) is 0 Å². The molecule has 0 spiro atoms. The molecule has 1 rings (SSSR count). The lowest BCUT2D eigenvalue weighted by molar-refractivity contribution is -0.274. The normalized spacial score (nSPS) is 13.3. The highest BCUT2D eigenvalue weighted by Crippen LogP contribution is 2.33. The first kappa shape index (κ1) is 12.9. The van der Waals surface area contributed by atoms with Crippen LogP contribution in [0.25, 0.3) is 0 Å². The minimum absolute atomic E-state index is 0.246. The number of ether oxygens (including phenoxy) is 1. The Hall–Kier alpha value is -1.16. The summed E-state index contributed by atoms with van der Waals surface area (Å²) in [4.78, 5) is 0. The Kier molecular flexibility index (Phi) is 3.86. The van der Waals surface area contributed by atoms with Crippen molar-refractivity contribution in [1.29, 1.82) is 0 Å². The Balaban J connectivity index is 3.12. The summed E-state index contributed by atoms with van der Waals surface area (Å²) < 4.78 is 40.2. The fourth-order valence-corrected chi connectivity index (χ4v) is 1.40. The first-order chi connectivity index (χ1) is 7.33. The molecule has 1 aromatic carbocycles. The Morgan fingerprint density at radius 3 is 2.56 bits per heavy atom. The van der Waals surface area contributed by atoms with E-state index in [4.69, 9.17) is 11.6 Å². The van der Waals surface area contributed by atoms with E-state index < -0.39 is 6.36 Å². The Morgan fingerprint density at radius 2 is 2.06 bits per heavy atom. The summed E-state index contributed by atoms with van der Waals surface area (Å²) in [7, 11) is 0. The van der Waals surface area contributed by atoms with Crippen molar-refractivity contribution in [3.63, 3.8) is 0 Å². The summed E-state index contributed by atoms with van der Waals surface area (Å²) >= 11 is 5.72. The largest absolute Gasteiger partial charge is 0.573 e. The van der Waals surface area contributed by atoms with E-state index >= 15 is 0 Å². The molecule has 1 atom stereocenters. The van der Waals surface area contributed by atoms with Crippen LogP contribution < -0.4 is 4.74 Å². The summed E-state index contributed by atoms with van der Waals surface area (Å²) in [5.74, 6) is -0.514. The van der Waals surface area contributed by atoms with Crippen LogP contribution >= 0.6 is 11.6 Å². The van der Waals surface area contributed by atoms with Gasteiger partial charge in [-0.15, -0.1) is 19.8 Å². The van der Waals surface area contributed by atoms with E-state index in [9.17, 15) is 13.2 Å². The Bertz CT molecular complexity index is 387. The molecule has 88 valence electrons. The molecule has 1 nitrogen and oxygen atoms in total. The summed E-state index contributed by atoms with van der Waals surface area (Å²) in [6, 6.07) is 3.99. The Morgan fingerprint density at radius 1 is 1.44 bits per heavy atom. The summed E-state index contributed by atoms with van der Waals surface area (Å²) in [5.41, 5.74) is 0.361. The molecule has 1 aromatic rings. The second-order valence-electron chi connectivity index (χ2n) is 3.25. The van der Waals surface area contributed by atoms with Gasteiger partial charge >= 0.3 is 6.36 Å². The van der Waals surface area contributed by atoms with Crippen molar-refractivity contribution >= 4 is 11.6 Å². The fraction of sp³-hybridized carbons (Fsp3) is 0.273. The fourth-order valence-electron chi connectivity index (χ4n) is 1.22. The third-order valence-electron chi connectivity index (χ3n) is 2.04. The van der Waals surface area contributed by atoms with Gasteiger partial charge in [-0.25, -0.2) is 0 Å². The predicted molar refractivity (Wildman–Crippen MR) is 56.7 cm³/mol. The molecular weight excluding hydrogens is 241 g/mol. The van der Waals surface area contributed by atoms with Gasteiger partial charge in [-0.05, 0) is 18.2 Å². The third kappa shape index (κ3) is 3.45. The molecule has 0 aliphatic heterocycles. The monoisotopic (exact) mass is 250 g/mol. The maximum Gasteiger partial charge on any atom is 0.573 e. The van der Waals surface area contributed by atoms with Crippen molar-refractivity contribution in [3.05, 3.63) is 41.4 Å². The molecule has 0 fully saturated rings. The number of alkyl halides is 3. The topological polar surface area (TPSA) is 9.23 Å². The minimum atomic E-state index is -4.70. The Labute approximate surface area is 96.5 Å². The molecule has 0 heterocycles. The van der Waals surface area contributed by atoms with E-state index in [0.29, 0.717) is 10.6 Å². The van der Waals surface area contributed by atoms with Crippen LogP contribution in [0.5, 0.6) is 5.75 Å². The van der Waals surface area contributed by atoms with Crippen molar-refractivity contribution in [2.24, 2.45) is 0 Å². The molecule has 0 radical (unpaired) electrons. The molecule has 5 heteroatoms. The number of benzene rings is 1. The van der Waals surface area contributed by atoms with E-state index in [0.717, 1.165) is 0 Å². The lowest BCUT2D eigenvalue weighted by Gasteiger charge is -2.15. The second kappa shape index (κ2) is 4.78. The standard InChI is InChI=1S/C11H10ClF3O/c1-3-7(2)9-6-8(12)4-5-10(9)16-11(13,14)15/h3-7H,1H2,2H3. The van der Waals surface area contributed by atoms with E-state index in [2.05, 4.69) is 11.3 Å². The summed E-state index contributed by atoms with van der Waals surface area (Å²) in [6.07, 6.45) is -3.18. The zero-order valence-corrected chi connectivity index (χ0v) is 9.27. The van der Waals surface area contributed by atoms with Gasteiger partial charge in [0.05, 0.1) is 0 Å². The van der Waals surface area contributed by atoms with Gasteiger partial charge in [-0.2, -0.15) is 0 Å². The lowest BCUT2D eigenvalue weighted by Crippen LogP contribution is -2.18. The van der Waals surface area contributed by atoms with Crippen molar-refractivity contribution in [2.75, 3.05) is 0 Å². The predicted octanol–water partition coefficient (Wildman–Crippen LogP) is 4.53. The maximum atomic E-state index is 12.1. The van der Waals surface area contributed by atoms with E-state index in [1.165, 1.54) is 24.3 Å². The average molecular weight is 251 g/mol. The van der Waals surface area contributed by atoms with Gasteiger partial charge in [-0.1, -0.05) is 24.6 Å². The van der Waals surface area contributed by atoms with E-state index in [1.807, 2.05) is 0 Å². The SMILES string of the molecule is C=CC(C)c1cc(Cl)ccc1OC(F)(F)F. The zero-order valence-electron chi connectivity index (χ0n) is 8.51. The van der Waals surface area contributed by atoms with Gasteiger partial charge in [0.1, 0.15) is 5.75 Å². The highest BCUT2D eigenvalue weighted by atomic mass is 35.5. The van der Waals surface area contributed by atoms with Crippen LogP contribution in [0.3, 0.4) is 0 Å². The highest BCUT2D eigenvalue weighted by molar-refractivity contribution is 6.30. The molecule has 0 saturated heterocycles. The smallest absolute Gasteiger partial charge is 0.405 e. The molecule has 1 unspecified atom stereocenters. The van der Waals surface area contributed by atoms with Crippen LogP contribution in [0, 0.1) is 0 Å². The zero-order chi connectivity index (χ0) is 12.3. The molecule has 0 N–H and O–H groups in total. The van der Waals surface area contributed by atoms with Crippen LogP contribution in [0.2, 0.25) is 5.02 Å². The van der Waals surface area contributed by atoms with Crippen molar-refractivity contribution in [2.45, 2.75) is 19.2 Å². The summed E-state index contributed by atoms with van der Waals surface area (Å²) in [5, 5.41) is 0.359. The third-order valence-corrected chi connectivity index (χ3v) is 2.28. The first-order valence-electron chi connectivity index (χ1n) is 4.51. The molecule has 0 aromatic heterocycles. The first-order valence-corrected chi connectivity index (χ1v) is 4.89. The number of hydrogen-bond donors (Lipinski definition) is 0. The molecule has 0 bridgehead atoms. The second-order valence-corrected chi connectivity index (χ2v) is 3.69. The molecule has 0 aliphatic carbocycles. The van der Waals surface area contributed by atoms with E-state index in [-0.39, 0.29) is 11.7 Å². The minimum Gasteiger partial charge on any atom is -0.405 e. The number of hydrogen-bond acceptors (Lipinski definition) is 1. The average Bonchev–Trinajstić information content (AvgIpc) is 2.17. The van der Waals surface area contributed by atoms with Gasteiger partial charge in [-0.3, -0.25) is 0 Å². The number of rotatable bonds is 3. The molecule has 0 saturated carbocycles. The van der Waals surface area contributed by atoms with Crippen LogP contribution in [0.15, 0.2) is 30.9 Å². The van der Waals surface area contributed by atoms with Crippen molar-refractivity contribution in [1.82, 2.24) is 0 Å².